The number of carbonyl (C=O) groups is 2. The van der Waals surface area contributed by atoms with Gasteiger partial charge in [-0.2, -0.15) is 4.31 Å². The topological polar surface area (TPSA) is 92.8 Å². The van der Waals surface area contributed by atoms with Crippen LogP contribution in [0.2, 0.25) is 0 Å². The molecule has 1 aromatic carbocycles. The number of anilines is 1. The molecule has 156 valence electrons. The van der Waals surface area contributed by atoms with Crippen LogP contribution in [0.3, 0.4) is 0 Å². The summed E-state index contributed by atoms with van der Waals surface area (Å²) in [7, 11) is -3.67. The highest BCUT2D eigenvalue weighted by Crippen LogP contribution is 2.27. The van der Waals surface area contributed by atoms with Crippen molar-refractivity contribution in [2.75, 3.05) is 25.0 Å². The predicted octanol–water partition coefficient (Wildman–Crippen LogP) is 2.61. The highest BCUT2D eigenvalue weighted by molar-refractivity contribution is 7.91. The van der Waals surface area contributed by atoms with Gasteiger partial charge in [-0.1, -0.05) is 6.07 Å². The molecule has 0 radical (unpaired) electrons. The summed E-state index contributed by atoms with van der Waals surface area (Å²) in [5, 5.41) is 3.84. The van der Waals surface area contributed by atoms with Crippen LogP contribution in [0.15, 0.2) is 39.9 Å². The summed E-state index contributed by atoms with van der Waals surface area (Å²) in [6, 6.07) is 5.79. The molecule has 0 bridgehead atoms. The molecular weight excluding hydrogens is 426 g/mol. The minimum atomic E-state index is -3.67. The third-order valence-corrected chi connectivity index (χ3v) is 7.60. The van der Waals surface area contributed by atoms with Crippen LogP contribution < -0.4 is 5.32 Å². The summed E-state index contributed by atoms with van der Waals surface area (Å²) in [4.78, 5) is 24.1. The Morgan fingerprint density at radius 2 is 2.07 bits per heavy atom. The quantitative estimate of drug-likeness (QED) is 0.692. The maximum Gasteiger partial charge on any atom is 0.310 e. The molecular formula is C18H18F2N2O5S2. The Hall–Kier alpha value is -2.37. The van der Waals surface area contributed by atoms with Crippen LogP contribution >= 0.6 is 11.3 Å². The Morgan fingerprint density at radius 1 is 1.28 bits per heavy atom. The van der Waals surface area contributed by atoms with Gasteiger partial charge in [-0.25, -0.2) is 17.2 Å². The zero-order chi connectivity index (χ0) is 21.0. The molecule has 1 saturated heterocycles. The van der Waals surface area contributed by atoms with Gasteiger partial charge in [0, 0.05) is 19.2 Å². The van der Waals surface area contributed by atoms with Crippen molar-refractivity contribution < 1.29 is 31.5 Å². The van der Waals surface area contributed by atoms with E-state index in [-0.39, 0.29) is 16.4 Å². The van der Waals surface area contributed by atoms with Gasteiger partial charge < -0.3 is 10.1 Å². The van der Waals surface area contributed by atoms with E-state index in [2.05, 4.69) is 5.32 Å². The van der Waals surface area contributed by atoms with Crippen LogP contribution in [0.25, 0.3) is 0 Å². The number of hydrogen-bond donors (Lipinski definition) is 1. The molecule has 29 heavy (non-hydrogen) atoms. The Balaban J connectivity index is 1.54. The number of piperidine rings is 1. The number of nitrogens with zero attached hydrogens (tertiary/aromatic N) is 1. The molecule has 11 heteroatoms. The van der Waals surface area contributed by atoms with E-state index in [0.29, 0.717) is 25.5 Å². The van der Waals surface area contributed by atoms with Gasteiger partial charge in [-0.15, -0.1) is 11.3 Å². The number of ether oxygens (including phenoxy) is 1. The Morgan fingerprint density at radius 3 is 2.76 bits per heavy atom. The van der Waals surface area contributed by atoms with E-state index >= 15 is 0 Å². The molecule has 1 fully saturated rings. The maximum atomic E-state index is 13.5. The fourth-order valence-electron chi connectivity index (χ4n) is 2.92. The molecule has 1 amide bonds. The van der Waals surface area contributed by atoms with Gasteiger partial charge in [0.05, 0.1) is 11.6 Å². The molecule has 1 aliphatic rings. The molecule has 0 aliphatic carbocycles. The lowest BCUT2D eigenvalue weighted by molar-refractivity contribution is -0.152. The van der Waals surface area contributed by atoms with E-state index < -0.39 is 46.1 Å². The monoisotopic (exact) mass is 444 g/mol. The van der Waals surface area contributed by atoms with Crippen molar-refractivity contribution in [2.45, 2.75) is 17.1 Å². The number of sulfonamides is 1. The largest absolute Gasteiger partial charge is 0.455 e. The molecule has 3 rings (SSSR count). The lowest BCUT2D eigenvalue weighted by Gasteiger charge is -2.30. The van der Waals surface area contributed by atoms with E-state index in [4.69, 9.17) is 4.74 Å². The standard InChI is InChI=1S/C18H18F2N2O5S2/c19-13-5-6-15(14(20)9-13)21-16(23)11-27-18(24)12-3-1-7-22(10-12)29(25,26)17-4-2-8-28-17/h2,4-6,8-9,12H,1,3,7,10-11H2,(H,21,23). The summed E-state index contributed by atoms with van der Waals surface area (Å²) in [5.41, 5.74) is -0.238. The van der Waals surface area contributed by atoms with Crippen molar-refractivity contribution in [3.63, 3.8) is 0 Å². The predicted molar refractivity (Wildman–Crippen MR) is 102 cm³/mol. The zero-order valence-electron chi connectivity index (χ0n) is 15.1. The molecule has 2 aromatic rings. The van der Waals surface area contributed by atoms with Crippen molar-refractivity contribution >= 4 is 38.9 Å². The van der Waals surface area contributed by atoms with Gasteiger partial charge in [-0.05, 0) is 36.4 Å². The fourth-order valence-corrected chi connectivity index (χ4v) is 5.59. The first-order valence-corrected chi connectivity index (χ1v) is 11.0. The number of nitrogens with one attached hydrogen (secondary N) is 1. The number of benzene rings is 1. The molecule has 1 aliphatic heterocycles. The number of esters is 1. The van der Waals surface area contributed by atoms with Gasteiger partial charge >= 0.3 is 5.97 Å². The molecule has 0 saturated carbocycles. The molecule has 2 heterocycles. The van der Waals surface area contributed by atoms with Crippen molar-refractivity contribution in [2.24, 2.45) is 5.92 Å². The van der Waals surface area contributed by atoms with Crippen molar-refractivity contribution in [1.82, 2.24) is 4.31 Å². The van der Waals surface area contributed by atoms with Gasteiger partial charge in [0.1, 0.15) is 15.8 Å². The van der Waals surface area contributed by atoms with Crippen molar-refractivity contribution in [3.05, 3.63) is 47.3 Å². The number of hydrogen-bond acceptors (Lipinski definition) is 6. The minimum absolute atomic E-state index is 0.0344. The number of amides is 1. The van der Waals surface area contributed by atoms with Crippen LogP contribution in [-0.2, 0) is 24.3 Å². The maximum absolute atomic E-state index is 13.5. The van der Waals surface area contributed by atoms with E-state index in [0.717, 1.165) is 23.5 Å². The van der Waals surface area contributed by atoms with E-state index in [1.807, 2.05) is 0 Å². The van der Waals surface area contributed by atoms with E-state index in [1.54, 1.807) is 11.4 Å². The molecule has 1 unspecified atom stereocenters. The lowest BCUT2D eigenvalue weighted by Crippen LogP contribution is -2.42. The summed E-state index contributed by atoms with van der Waals surface area (Å²) in [6.45, 7) is -0.397. The van der Waals surface area contributed by atoms with Crippen molar-refractivity contribution in [1.29, 1.82) is 0 Å². The SMILES string of the molecule is O=C(COC(=O)C1CCCN(S(=O)(=O)c2cccs2)C1)Nc1ccc(F)cc1F. The average Bonchev–Trinajstić information content (AvgIpc) is 3.24. The van der Waals surface area contributed by atoms with E-state index in [9.17, 15) is 26.8 Å². The number of carbonyl (C=O) groups excluding carboxylic acids is 2. The average molecular weight is 444 g/mol. The number of halogens is 2. The molecule has 1 aromatic heterocycles. The van der Waals surface area contributed by atoms with Crippen LogP contribution in [0.1, 0.15) is 12.8 Å². The zero-order valence-corrected chi connectivity index (χ0v) is 16.8. The summed E-state index contributed by atoms with van der Waals surface area (Å²) >= 11 is 1.10. The van der Waals surface area contributed by atoms with Crippen LogP contribution in [-0.4, -0.2) is 44.3 Å². The molecule has 1 N–H and O–H groups in total. The normalized spacial score (nSPS) is 17.7. The Bertz CT molecular complexity index is 996. The van der Waals surface area contributed by atoms with E-state index in [1.165, 1.54) is 10.4 Å². The van der Waals surface area contributed by atoms with Crippen LogP contribution in [0.5, 0.6) is 0 Å². The summed E-state index contributed by atoms with van der Waals surface area (Å²) < 4.78 is 58.0. The summed E-state index contributed by atoms with van der Waals surface area (Å²) in [5.74, 6) is -3.93. The highest BCUT2D eigenvalue weighted by Gasteiger charge is 2.34. The van der Waals surface area contributed by atoms with Crippen LogP contribution in [0.4, 0.5) is 14.5 Å². The number of rotatable bonds is 6. The van der Waals surface area contributed by atoms with Gasteiger partial charge in [0.2, 0.25) is 0 Å². The molecule has 7 nitrogen and oxygen atoms in total. The summed E-state index contributed by atoms with van der Waals surface area (Å²) in [6.07, 6.45) is 0.918. The first-order chi connectivity index (χ1) is 13.8. The van der Waals surface area contributed by atoms with Crippen molar-refractivity contribution in [3.8, 4) is 0 Å². The Labute approximate surface area is 170 Å². The van der Waals surface area contributed by atoms with Crippen LogP contribution in [0, 0.1) is 17.6 Å². The number of thiophene rings is 1. The third-order valence-electron chi connectivity index (χ3n) is 4.36. The lowest BCUT2D eigenvalue weighted by atomic mass is 10.00. The first kappa shape index (κ1) is 21.3. The molecule has 1 atom stereocenters. The fraction of sp³-hybridized carbons (Fsp3) is 0.333. The smallest absolute Gasteiger partial charge is 0.310 e. The highest BCUT2D eigenvalue weighted by atomic mass is 32.2. The van der Waals surface area contributed by atoms with Gasteiger partial charge in [0.25, 0.3) is 15.9 Å². The van der Waals surface area contributed by atoms with Gasteiger partial charge in [0.15, 0.2) is 6.61 Å². The third kappa shape index (κ3) is 5.17. The van der Waals surface area contributed by atoms with Gasteiger partial charge in [-0.3, -0.25) is 9.59 Å². The second-order valence-corrected chi connectivity index (χ2v) is 9.53. The second-order valence-electron chi connectivity index (χ2n) is 6.41. The second kappa shape index (κ2) is 8.97. The minimum Gasteiger partial charge on any atom is -0.455 e. The Kier molecular flexibility index (Phi) is 6.60. The molecule has 0 spiro atoms. The first-order valence-electron chi connectivity index (χ1n) is 8.72.